The van der Waals surface area contributed by atoms with Gasteiger partial charge in [-0.1, -0.05) is 54.6 Å². The first kappa shape index (κ1) is 18.6. The van der Waals surface area contributed by atoms with Gasteiger partial charge in [-0.15, -0.1) is 0 Å². The van der Waals surface area contributed by atoms with Gasteiger partial charge < -0.3 is 10.1 Å². The van der Waals surface area contributed by atoms with Crippen molar-refractivity contribution in [3.05, 3.63) is 95.6 Å². The third-order valence-corrected chi connectivity index (χ3v) is 5.54. The second-order valence-electron chi connectivity index (χ2n) is 7.44. The van der Waals surface area contributed by atoms with Gasteiger partial charge in [-0.2, -0.15) is 0 Å². The molecule has 3 aromatic carbocycles. The van der Waals surface area contributed by atoms with Crippen molar-refractivity contribution >= 4 is 5.69 Å². The summed E-state index contributed by atoms with van der Waals surface area (Å²) in [5.74, 6) is 0.892. The van der Waals surface area contributed by atoms with Gasteiger partial charge in [0, 0.05) is 24.8 Å². The number of hydrogen-bond donors (Lipinski definition) is 1. The molecule has 4 rings (SSSR count). The van der Waals surface area contributed by atoms with Gasteiger partial charge >= 0.3 is 0 Å². The van der Waals surface area contributed by atoms with E-state index in [1.54, 1.807) is 7.11 Å². The molecule has 0 unspecified atom stereocenters. The van der Waals surface area contributed by atoms with Crippen LogP contribution in [0.4, 0.5) is 5.69 Å². The molecule has 1 fully saturated rings. The smallest absolute Gasteiger partial charge is 0.118 e. The quantitative estimate of drug-likeness (QED) is 0.580. The highest BCUT2D eigenvalue weighted by Crippen LogP contribution is 2.33. The summed E-state index contributed by atoms with van der Waals surface area (Å²) < 4.78 is 5.21. The van der Waals surface area contributed by atoms with Crippen molar-refractivity contribution in [2.24, 2.45) is 0 Å². The summed E-state index contributed by atoms with van der Waals surface area (Å²) in [7, 11) is 1.69. The first-order chi connectivity index (χ1) is 13.8. The second-order valence-corrected chi connectivity index (χ2v) is 7.44. The first-order valence-corrected chi connectivity index (χ1v) is 10.1. The Morgan fingerprint density at radius 3 is 2.32 bits per heavy atom. The van der Waals surface area contributed by atoms with E-state index in [-0.39, 0.29) is 0 Å². The lowest BCUT2D eigenvalue weighted by molar-refractivity contribution is 0.248. The van der Waals surface area contributed by atoms with Crippen LogP contribution in [0.1, 0.15) is 35.6 Å². The molecule has 0 aromatic heterocycles. The monoisotopic (exact) mass is 372 g/mol. The largest absolute Gasteiger partial charge is 0.497 e. The van der Waals surface area contributed by atoms with Crippen LogP contribution in [0.3, 0.4) is 0 Å². The minimum absolute atomic E-state index is 0.550. The predicted molar refractivity (Wildman–Crippen MR) is 116 cm³/mol. The maximum atomic E-state index is 5.21. The van der Waals surface area contributed by atoms with E-state index in [1.165, 1.54) is 36.1 Å². The summed E-state index contributed by atoms with van der Waals surface area (Å²) in [6.07, 6.45) is 2.53. The van der Waals surface area contributed by atoms with Crippen molar-refractivity contribution in [3.8, 4) is 5.75 Å². The van der Waals surface area contributed by atoms with Gasteiger partial charge in [-0.3, -0.25) is 4.90 Å². The zero-order chi connectivity index (χ0) is 19.2. The van der Waals surface area contributed by atoms with Crippen LogP contribution in [0.5, 0.6) is 5.75 Å². The molecule has 0 spiro atoms. The molecule has 0 aliphatic carbocycles. The Kier molecular flexibility index (Phi) is 5.93. The molecule has 1 N–H and O–H groups in total. The normalized spacial score (nSPS) is 16.8. The Bertz CT molecular complexity index is 859. The van der Waals surface area contributed by atoms with E-state index in [9.17, 15) is 0 Å². The molecule has 1 aliphatic rings. The van der Waals surface area contributed by atoms with E-state index in [0.29, 0.717) is 6.04 Å². The van der Waals surface area contributed by atoms with Crippen molar-refractivity contribution < 1.29 is 4.74 Å². The maximum absolute atomic E-state index is 5.21. The number of nitrogens with one attached hydrogen (secondary N) is 1. The van der Waals surface area contributed by atoms with E-state index in [2.05, 4.69) is 76.9 Å². The molecule has 3 nitrogen and oxygen atoms in total. The number of ether oxygens (including phenoxy) is 1. The van der Waals surface area contributed by atoms with E-state index in [4.69, 9.17) is 4.74 Å². The van der Waals surface area contributed by atoms with Gasteiger partial charge in [0.15, 0.2) is 0 Å². The molecule has 1 aliphatic heterocycles. The SMILES string of the molecule is COc1ccc(CNc2ccc(CN3CCC[C@H]3c3ccccc3)cc2)cc1. The third-order valence-electron chi connectivity index (χ3n) is 5.54. The van der Waals surface area contributed by atoms with Gasteiger partial charge in [0.2, 0.25) is 0 Å². The second kappa shape index (κ2) is 8.94. The molecule has 28 heavy (non-hydrogen) atoms. The van der Waals surface area contributed by atoms with E-state index in [1.807, 2.05) is 12.1 Å². The average Bonchev–Trinajstić information content (AvgIpc) is 3.22. The molecule has 3 heteroatoms. The fourth-order valence-electron chi connectivity index (χ4n) is 3.98. The molecule has 1 saturated heterocycles. The van der Waals surface area contributed by atoms with Crippen LogP contribution in [0.2, 0.25) is 0 Å². The summed E-state index contributed by atoms with van der Waals surface area (Å²) in [5.41, 5.74) is 5.21. The Labute approximate surface area is 168 Å². The molecular weight excluding hydrogens is 344 g/mol. The molecule has 144 valence electrons. The molecule has 1 heterocycles. The molecule has 0 saturated carbocycles. The Hall–Kier alpha value is -2.78. The molecule has 0 amide bonds. The average molecular weight is 373 g/mol. The number of likely N-dealkylation sites (tertiary alicyclic amines) is 1. The standard InChI is InChI=1S/C25H28N2O/c1-28-24-15-11-20(12-16-24)18-26-23-13-9-21(10-14-23)19-27-17-5-8-25(27)22-6-3-2-4-7-22/h2-4,6-7,9-16,25-26H,5,8,17-19H2,1H3/t25-/m0/s1. The number of nitrogens with zero attached hydrogens (tertiary/aromatic N) is 1. The van der Waals surface area contributed by atoms with Crippen molar-refractivity contribution in [2.45, 2.75) is 32.0 Å². The van der Waals surface area contributed by atoms with Crippen molar-refractivity contribution in [2.75, 3.05) is 19.0 Å². The number of methoxy groups -OCH3 is 1. The summed E-state index contributed by atoms with van der Waals surface area (Å²) >= 11 is 0. The van der Waals surface area contributed by atoms with E-state index in [0.717, 1.165) is 24.5 Å². The third kappa shape index (κ3) is 4.55. The number of anilines is 1. The molecule has 3 aromatic rings. The lowest BCUT2D eigenvalue weighted by Crippen LogP contribution is -2.22. The van der Waals surface area contributed by atoms with E-state index < -0.39 is 0 Å². The topological polar surface area (TPSA) is 24.5 Å². The zero-order valence-electron chi connectivity index (χ0n) is 16.5. The minimum Gasteiger partial charge on any atom is -0.497 e. The zero-order valence-corrected chi connectivity index (χ0v) is 16.5. The Morgan fingerprint density at radius 2 is 1.61 bits per heavy atom. The summed E-state index contributed by atoms with van der Waals surface area (Å²) in [6.45, 7) is 3.00. The van der Waals surface area contributed by atoms with Crippen LogP contribution in [0.15, 0.2) is 78.9 Å². The molecular formula is C25H28N2O. The number of rotatable bonds is 7. The summed E-state index contributed by atoms with van der Waals surface area (Å²) in [5, 5.41) is 3.50. The highest BCUT2D eigenvalue weighted by molar-refractivity contribution is 5.45. The van der Waals surface area contributed by atoms with Crippen molar-refractivity contribution in [3.63, 3.8) is 0 Å². The van der Waals surface area contributed by atoms with Crippen LogP contribution < -0.4 is 10.1 Å². The fourth-order valence-corrected chi connectivity index (χ4v) is 3.98. The number of benzene rings is 3. The van der Waals surface area contributed by atoms with Crippen LogP contribution in [0.25, 0.3) is 0 Å². The minimum atomic E-state index is 0.550. The molecule has 1 atom stereocenters. The van der Waals surface area contributed by atoms with Gasteiger partial charge in [0.1, 0.15) is 5.75 Å². The van der Waals surface area contributed by atoms with Crippen LogP contribution in [-0.2, 0) is 13.1 Å². The highest BCUT2D eigenvalue weighted by Gasteiger charge is 2.25. The van der Waals surface area contributed by atoms with Gasteiger partial charge in [-0.05, 0) is 60.3 Å². The first-order valence-electron chi connectivity index (χ1n) is 10.1. The fraction of sp³-hybridized carbons (Fsp3) is 0.280. The lowest BCUT2D eigenvalue weighted by atomic mass is 10.0. The van der Waals surface area contributed by atoms with Crippen LogP contribution in [-0.4, -0.2) is 18.6 Å². The van der Waals surface area contributed by atoms with Crippen molar-refractivity contribution in [1.82, 2.24) is 4.90 Å². The summed E-state index contributed by atoms with van der Waals surface area (Å²) in [6, 6.07) is 28.5. The van der Waals surface area contributed by atoms with Gasteiger partial charge in [0.05, 0.1) is 7.11 Å². The molecule has 0 bridgehead atoms. The van der Waals surface area contributed by atoms with Gasteiger partial charge in [0.25, 0.3) is 0 Å². The highest BCUT2D eigenvalue weighted by atomic mass is 16.5. The lowest BCUT2D eigenvalue weighted by Gasteiger charge is -2.25. The molecule has 0 radical (unpaired) electrons. The number of hydrogen-bond acceptors (Lipinski definition) is 3. The Morgan fingerprint density at radius 1 is 0.893 bits per heavy atom. The Balaban J connectivity index is 1.34. The van der Waals surface area contributed by atoms with Crippen LogP contribution in [0, 0.1) is 0 Å². The van der Waals surface area contributed by atoms with Gasteiger partial charge in [-0.25, -0.2) is 0 Å². The van der Waals surface area contributed by atoms with Crippen molar-refractivity contribution in [1.29, 1.82) is 0 Å². The predicted octanol–water partition coefficient (Wildman–Crippen LogP) is 5.64. The summed E-state index contributed by atoms with van der Waals surface area (Å²) in [4.78, 5) is 2.61. The van der Waals surface area contributed by atoms with E-state index >= 15 is 0 Å². The van der Waals surface area contributed by atoms with Crippen LogP contribution >= 0.6 is 0 Å². The maximum Gasteiger partial charge on any atom is 0.118 e.